The summed E-state index contributed by atoms with van der Waals surface area (Å²) in [6, 6.07) is 14.1. The zero-order valence-corrected chi connectivity index (χ0v) is 13.9. The number of rotatable bonds is 1. The Morgan fingerprint density at radius 1 is 1.00 bits per heavy atom. The van der Waals surface area contributed by atoms with Gasteiger partial charge >= 0.3 is 11.8 Å². The summed E-state index contributed by atoms with van der Waals surface area (Å²) < 4.78 is 0. The second kappa shape index (κ2) is 6.76. The SMILES string of the molecule is CC(=O)N(C(=O)C(=O)N1CCc2ccccc2C1)c1ccc(N)cc1. The van der Waals surface area contributed by atoms with E-state index in [0.29, 0.717) is 30.9 Å². The van der Waals surface area contributed by atoms with Crippen LogP contribution in [0, 0.1) is 0 Å². The number of hydrogen-bond acceptors (Lipinski definition) is 4. The van der Waals surface area contributed by atoms with Gasteiger partial charge in [-0.3, -0.25) is 14.4 Å². The summed E-state index contributed by atoms with van der Waals surface area (Å²) >= 11 is 0. The first-order valence-electron chi connectivity index (χ1n) is 8.03. The Morgan fingerprint density at radius 3 is 2.28 bits per heavy atom. The molecule has 0 saturated carbocycles. The maximum absolute atomic E-state index is 12.7. The fourth-order valence-corrected chi connectivity index (χ4v) is 2.97. The van der Waals surface area contributed by atoms with Crippen LogP contribution in [0.15, 0.2) is 48.5 Å². The van der Waals surface area contributed by atoms with Crippen molar-refractivity contribution in [3.05, 3.63) is 59.7 Å². The van der Waals surface area contributed by atoms with Gasteiger partial charge in [0.2, 0.25) is 5.91 Å². The number of carbonyl (C=O) groups excluding carboxylic acids is 3. The molecule has 1 aliphatic heterocycles. The van der Waals surface area contributed by atoms with Gasteiger partial charge in [-0.2, -0.15) is 0 Å². The second-order valence-corrected chi connectivity index (χ2v) is 6.00. The molecule has 0 saturated heterocycles. The Kier molecular flexibility index (Phi) is 4.52. The summed E-state index contributed by atoms with van der Waals surface area (Å²) in [5, 5.41) is 0. The molecule has 2 N–H and O–H groups in total. The molecule has 2 aromatic carbocycles. The van der Waals surface area contributed by atoms with Gasteiger partial charge in [0.1, 0.15) is 0 Å². The molecule has 2 aromatic rings. The summed E-state index contributed by atoms with van der Waals surface area (Å²) in [6.45, 7) is 2.08. The van der Waals surface area contributed by atoms with Crippen molar-refractivity contribution in [2.24, 2.45) is 0 Å². The fraction of sp³-hybridized carbons (Fsp3) is 0.211. The van der Waals surface area contributed by atoms with Crippen molar-refractivity contribution in [1.29, 1.82) is 0 Å². The Labute approximate surface area is 145 Å². The normalized spacial score (nSPS) is 13.1. The van der Waals surface area contributed by atoms with E-state index in [1.165, 1.54) is 17.4 Å². The van der Waals surface area contributed by atoms with Crippen LogP contribution in [0.2, 0.25) is 0 Å². The van der Waals surface area contributed by atoms with Crippen molar-refractivity contribution in [2.75, 3.05) is 17.2 Å². The molecule has 0 aliphatic carbocycles. The number of imide groups is 1. The molecular weight excluding hydrogens is 318 g/mol. The summed E-state index contributed by atoms with van der Waals surface area (Å²) in [6.07, 6.45) is 0.692. The first-order valence-corrected chi connectivity index (χ1v) is 8.03. The maximum atomic E-state index is 12.7. The van der Waals surface area contributed by atoms with Crippen LogP contribution in [-0.4, -0.2) is 29.2 Å². The number of fused-ring (bicyclic) bond motifs is 1. The van der Waals surface area contributed by atoms with Crippen molar-refractivity contribution in [3.63, 3.8) is 0 Å². The maximum Gasteiger partial charge on any atom is 0.323 e. The molecule has 128 valence electrons. The topological polar surface area (TPSA) is 83.7 Å². The van der Waals surface area contributed by atoms with Gasteiger partial charge in [0, 0.05) is 25.7 Å². The lowest BCUT2D eigenvalue weighted by atomic mass is 10.00. The first kappa shape index (κ1) is 16.7. The zero-order chi connectivity index (χ0) is 18.0. The monoisotopic (exact) mass is 337 g/mol. The molecule has 25 heavy (non-hydrogen) atoms. The standard InChI is InChI=1S/C19H19N3O3/c1-13(23)22(17-8-6-16(20)7-9-17)19(25)18(24)21-11-10-14-4-2-3-5-15(14)12-21/h2-9H,10-12,20H2,1H3. The molecule has 1 heterocycles. The minimum absolute atomic E-state index is 0.331. The van der Waals surface area contributed by atoms with E-state index in [1.54, 1.807) is 24.3 Å². The lowest BCUT2D eigenvalue weighted by molar-refractivity contribution is -0.146. The first-order chi connectivity index (χ1) is 12.0. The summed E-state index contributed by atoms with van der Waals surface area (Å²) in [4.78, 5) is 39.7. The lowest BCUT2D eigenvalue weighted by Crippen LogP contribution is -2.48. The van der Waals surface area contributed by atoms with Gasteiger partial charge in [0.25, 0.3) is 0 Å². The van der Waals surface area contributed by atoms with Gasteiger partial charge in [0.05, 0.1) is 5.69 Å². The van der Waals surface area contributed by atoms with Crippen molar-refractivity contribution < 1.29 is 14.4 Å². The number of benzene rings is 2. The van der Waals surface area contributed by atoms with Crippen LogP contribution in [0.1, 0.15) is 18.1 Å². The van der Waals surface area contributed by atoms with E-state index >= 15 is 0 Å². The predicted octanol–water partition coefficient (Wildman–Crippen LogP) is 1.73. The number of carbonyl (C=O) groups is 3. The van der Waals surface area contributed by atoms with Crippen LogP contribution < -0.4 is 10.6 Å². The lowest BCUT2D eigenvalue weighted by Gasteiger charge is -2.30. The third-order valence-electron chi connectivity index (χ3n) is 4.27. The molecular formula is C19H19N3O3. The third-order valence-corrected chi connectivity index (χ3v) is 4.27. The van der Waals surface area contributed by atoms with Crippen molar-refractivity contribution in [2.45, 2.75) is 19.9 Å². The molecule has 0 bridgehead atoms. The van der Waals surface area contributed by atoms with E-state index in [-0.39, 0.29) is 0 Å². The number of hydrogen-bond donors (Lipinski definition) is 1. The van der Waals surface area contributed by atoms with Gasteiger partial charge in [0.15, 0.2) is 0 Å². The number of amides is 3. The highest BCUT2D eigenvalue weighted by Gasteiger charge is 2.32. The number of nitrogens with zero attached hydrogens (tertiary/aromatic N) is 2. The highest BCUT2D eigenvalue weighted by atomic mass is 16.2. The molecule has 3 amide bonds. The van der Waals surface area contributed by atoms with Crippen molar-refractivity contribution in [1.82, 2.24) is 4.90 Å². The Balaban J connectivity index is 1.82. The molecule has 0 aromatic heterocycles. The molecule has 3 rings (SSSR count). The summed E-state index contributed by atoms with van der Waals surface area (Å²) in [5.41, 5.74) is 8.69. The number of anilines is 2. The van der Waals surface area contributed by atoms with Gasteiger partial charge in [-0.15, -0.1) is 0 Å². The smallest absolute Gasteiger partial charge is 0.323 e. The molecule has 0 atom stereocenters. The average molecular weight is 337 g/mol. The Hall–Kier alpha value is -3.15. The summed E-state index contributed by atoms with van der Waals surface area (Å²) in [7, 11) is 0. The zero-order valence-electron chi connectivity index (χ0n) is 13.9. The van der Waals surface area contributed by atoms with Crippen LogP contribution in [0.25, 0.3) is 0 Å². The molecule has 1 aliphatic rings. The van der Waals surface area contributed by atoms with E-state index in [4.69, 9.17) is 5.73 Å². The van der Waals surface area contributed by atoms with E-state index in [1.807, 2.05) is 24.3 Å². The largest absolute Gasteiger partial charge is 0.399 e. The molecule has 0 radical (unpaired) electrons. The van der Waals surface area contributed by atoms with Crippen LogP contribution >= 0.6 is 0 Å². The second-order valence-electron chi connectivity index (χ2n) is 6.00. The number of nitrogen functional groups attached to an aromatic ring is 1. The van der Waals surface area contributed by atoms with Crippen molar-refractivity contribution >= 4 is 29.1 Å². The van der Waals surface area contributed by atoms with E-state index in [2.05, 4.69) is 0 Å². The van der Waals surface area contributed by atoms with Gasteiger partial charge in [-0.05, 0) is 41.8 Å². The van der Waals surface area contributed by atoms with Crippen LogP contribution in [-0.2, 0) is 27.3 Å². The summed E-state index contributed by atoms with van der Waals surface area (Å²) in [5.74, 6) is -2.04. The molecule has 0 fully saturated rings. The highest BCUT2D eigenvalue weighted by Crippen LogP contribution is 2.21. The number of nitrogens with two attached hydrogens (primary N) is 1. The van der Waals surface area contributed by atoms with Gasteiger partial charge in [-0.1, -0.05) is 24.3 Å². The Morgan fingerprint density at radius 2 is 1.64 bits per heavy atom. The van der Waals surface area contributed by atoms with Crippen LogP contribution in [0.4, 0.5) is 11.4 Å². The van der Waals surface area contributed by atoms with E-state index in [9.17, 15) is 14.4 Å². The Bertz CT molecular complexity index is 830. The van der Waals surface area contributed by atoms with Crippen LogP contribution in [0.5, 0.6) is 0 Å². The van der Waals surface area contributed by atoms with Crippen molar-refractivity contribution in [3.8, 4) is 0 Å². The minimum Gasteiger partial charge on any atom is -0.399 e. The van der Waals surface area contributed by atoms with E-state index < -0.39 is 17.7 Å². The molecule has 6 heteroatoms. The highest BCUT2D eigenvalue weighted by molar-refractivity contribution is 6.45. The third kappa shape index (κ3) is 3.38. The predicted molar refractivity (Wildman–Crippen MR) is 94.6 cm³/mol. The molecule has 0 unspecified atom stereocenters. The minimum atomic E-state index is -0.850. The van der Waals surface area contributed by atoms with Gasteiger partial charge < -0.3 is 10.6 Å². The van der Waals surface area contributed by atoms with E-state index in [0.717, 1.165) is 10.5 Å². The molecule has 6 nitrogen and oxygen atoms in total. The van der Waals surface area contributed by atoms with Gasteiger partial charge in [-0.25, -0.2) is 4.90 Å². The molecule has 0 spiro atoms. The van der Waals surface area contributed by atoms with Crippen LogP contribution in [0.3, 0.4) is 0 Å². The quantitative estimate of drug-likeness (QED) is 0.634. The fourth-order valence-electron chi connectivity index (χ4n) is 2.97. The average Bonchev–Trinajstić information content (AvgIpc) is 2.62.